The normalized spacial score (nSPS) is 13.7. The molecule has 123 heavy (non-hydrogen) atoms. The average Bonchev–Trinajstić information content (AvgIpc) is 1.83. The first-order chi connectivity index (χ1) is 60.1. The van der Waals surface area contributed by atoms with Crippen LogP contribution >= 0.6 is 23.2 Å². The maximum atomic E-state index is 13.8. The minimum absolute atomic E-state index is 0.0468. The molecule has 3 rings (SSSR count). The van der Waals surface area contributed by atoms with Gasteiger partial charge in [0.15, 0.2) is 0 Å². The Balaban J connectivity index is 0.914. The number of carboxylic acids is 1. The summed E-state index contributed by atoms with van der Waals surface area (Å²) in [7, 11) is 0. The van der Waals surface area contributed by atoms with Crippen LogP contribution in [0.4, 0.5) is 5.69 Å². The van der Waals surface area contributed by atoms with Crippen LogP contribution in [0.25, 0.3) is 0 Å². The van der Waals surface area contributed by atoms with Gasteiger partial charge in [-0.25, -0.2) is 4.79 Å². The van der Waals surface area contributed by atoms with E-state index >= 15 is 0 Å². The molecule has 5 N–H and O–H groups in total. The number of hydrogen-bond acceptors (Lipinski definition) is 31. The molecule has 0 spiro atoms. The van der Waals surface area contributed by atoms with Gasteiger partial charge in [-0.15, -0.1) is 0 Å². The van der Waals surface area contributed by atoms with Crippen molar-refractivity contribution >= 4 is 64.5 Å². The minimum Gasteiger partial charge on any atom is -0.481 e. The maximum absolute atomic E-state index is 13.8. The van der Waals surface area contributed by atoms with E-state index < -0.39 is 29.5 Å². The summed E-state index contributed by atoms with van der Waals surface area (Å²) in [5, 5.41) is 20.5. The SMILES string of the molecule is CC(C)(C)OC(=O)C(CCc1ccc(NC(=O)c2c(Cl)cccc2Cl)cc1)NC(=O)C1CCCC1CCCNC(=O)CCOCCOCCOCCOCCOCCOCCOCCOCCOCCOCCOCCOCCOCCOCCOCCOCCOCCOCCOCCOCCOCCOCCOCCOCCNC(=O)CCC(=O)O. The second kappa shape index (κ2) is 81.4. The Morgan fingerprint density at radius 3 is 1.00 bits per heavy atom. The number of ether oxygens (including phenoxy) is 25. The Labute approximate surface area is 737 Å². The van der Waals surface area contributed by atoms with Crippen LogP contribution in [-0.2, 0) is 149 Å². The van der Waals surface area contributed by atoms with Gasteiger partial charge in [-0.2, -0.15) is 0 Å². The van der Waals surface area contributed by atoms with Crippen molar-refractivity contribution in [1.29, 1.82) is 0 Å². The lowest BCUT2D eigenvalue weighted by atomic mass is 9.90. The van der Waals surface area contributed by atoms with Crippen molar-refractivity contribution in [1.82, 2.24) is 16.0 Å². The third kappa shape index (κ3) is 69.6. The number of benzene rings is 2. The van der Waals surface area contributed by atoms with E-state index in [1.165, 1.54) is 0 Å². The summed E-state index contributed by atoms with van der Waals surface area (Å²) in [5.74, 6) is -2.63. The molecule has 0 saturated heterocycles. The van der Waals surface area contributed by atoms with Gasteiger partial charge in [0.2, 0.25) is 17.7 Å². The van der Waals surface area contributed by atoms with Gasteiger partial charge < -0.3 is 145 Å². The van der Waals surface area contributed by atoms with Crippen molar-refractivity contribution in [3.8, 4) is 0 Å². The van der Waals surface area contributed by atoms with Gasteiger partial charge in [-0.3, -0.25) is 24.0 Å². The molecule has 2 aromatic carbocycles. The van der Waals surface area contributed by atoms with Gasteiger partial charge in [0.05, 0.1) is 339 Å². The van der Waals surface area contributed by atoms with Crippen LogP contribution in [0.5, 0.6) is 0 Å². The lowest BCUT2D eigenvalue weighted by Gasteiger charge is -2.26. The highest BCUT2D eigenvalue weighted by atomic mass is 35.5. The van der Waals surface area contributed by atoms with Gasteiger partial charge in [0.25, 0.3) is 5.91 Å². The molecule has 38 heteroatoms. The third-order valence-electron chi connectivity index (χ3n) is 17.4. The van der Waals surface area contributed by atoms with E-state index in [-0.39, 0.29) is 71.0 Å². The van der Waals surface area contributed by atoms with Crippen molar-refractivity contribution in [3.05, 3.63) is 63.6 Å². The number of carboxylic acid groups (broad SMARTS) is 1. The summed E-state index contributed by atoms with van der Waals surface area (Å²) in [5.41, 5.74) is 0.899. The number of nitrogens with one attached hydrogen (secondary N) is 4. The standard InChI is InChI=1S/C85H144Cl2N4O32/c1-85(2,3)123-84(98)77(17-14-71-12-15-73(16-13-71)90-83(97)81-75(86)10-5-11-76(81)87)91-82(96)74-9-4-7-72(74)8-6-21-88-79(93)20-23-99-25-27-101-29-31-103-33-35-105-37-39-107-41-43-109-45-47-111-49-51-113-53-55-115-57-59-117-61-63-119-65-67-121-69-70-122-68-66-120-64-62-118-60-58-116-56-54-114-52-50-112-48-46-110-44-42-108-40-38-106-36-34-104-32-30-102-28-26-100-24-22-89-78(92)18-19-80(94)95/h5,10-13,15-16,72,74,77H,4,6-9,14,17-70H2,1-3H3,(H,88,93)(H,89,92)(H,90,97)(H,91,96)(H,94,95). The predicted molar refractivity (Wildman–Crippen MR) is 454 cm³/mol. The number of esters is 1. The highest BCUT2D eigenvalue weighted by molar-refractivity contribution is 6.40. The van der Waals surface area contributed by atoms with Crippen molar-refractivity contribution in [3.63, 3.8) is 0 Å². The number of carbonyl (C=O) groups is 6. The summed E-state index contributed by atoms with van der Waals surface area (Å²) >= 11 is 12.4. The van der Waals surface area contributed by atoms with E-state index in [9.17, 15) is 28.8 Å². The summed E-state index contributed by atoms with van der Waals surface area (Å²) < 4.78 is 138. The summed E-state index contributed by atoms with van der Waals surface area (Å²) in [6.45, 7) is 27.4. The van der Waals surface area contributed by atoms with Crippen molar-refractivity contribution < 1.29 is 152 Å². The molecule has 3 atom stereocenters. The van der Waals surface area contributed by atoms with Crippen molar-refractivity contribution in [2.45, 2.75) is 96.6 Å². The van der Waals surface area contributed by atoms with E-state index in [4.69, 9.17) is 147 Å². The topological polar surface area (TPSA) is 402 Å². The summed E-state index contributed by atoms with van der Waals surface area (Å²) in [6, 6.07) is 11.2. The number of aliphatic carboxylic acids is 1. The fraction of sp³-hybridized carbons (Fsp3) is 0.788. The zero-order valence-electron chi connectivity index (χ0n) is 73.1. The van der Waals surface area contributed by atoms with Crippen LogP contribution in [0, 0.1) is 11.8 Å². The summed E-state index contributed by atoms with van der Waals surface area (Å²) in [6.07, 6.45) is 4.79. The molecule has 0 aromatic heterocycles. The van der Waals surface area contributed by atoms with Gasteiger partial charge in [-0.05, 0) is 95.0 Å². The van der Waals surface area contributed by atoms with Crippen LogP contribution in [0.1, 0.15) is 94.5 Å². The highest BCUT2D eigenvalue weighted by Gasteiger charge is 2.36. The van der Waals surface area contributed by atoms with Crippen LogP contribution in [0.2, 0.25) is 10.0 Å². The first-order valence-electron chi connectivity index (χ1n) is 43.1. The first kappa shape index (κ1) is 112. The number of amides is 4. The molecule has 1 fully saturated rings. The number of anilines is 1. The maximum Gasteiger partial charge on any atom is 0.329 e. The Bertz CT molecular complexity index is 2850. The number of halogens is 2. The predicted octanol–water partition coefficient (Wildman–Crippen LogP) is 6.09. The third-order valence-corrected chi connectivity index (χ3v) is 18.0. The lowest BCUT2D eigenvalue weighted by molar-refractivity contribution is -0.159. The molecule has 4 amide bonds. The quantitative estimate of drug-likeness (QED) is 0.0369. The molecule has 3 unspecified atom stereocenters. The molecule has 0 radical (unpaired) electrons. The molecular formula is C85H144Cl2N4O32. The van der Waals surface area contributed by atoms with E-state index in [2.05, 4.69) is 21.3 Å². The van der Waals surface area contributed by atoms with E-state index in [1.807, 2.05) is 12.1 Å². The van der Waals surface area contributed by atoms with Crippen LogP contribution in [0.3, 0.4) is 0 Å². The molecular weight excluding hydrogens is 1660 g/mol. The molecule has 1 saturated carbocycles. The molecule has 1 aliphatic carbocycles. The first-order valence-corrected chi connectivity index (χ1v) is 43.9. The molecule has 2 aromatic rings. The van der Waals surface area contributed by atoms with Gasteiger partial charge in [0.1, 0.15) is 11.6 Å². The number of carbonyl (C=O) groups excluding carboxylic acids is 5. The van der Waals surface area contributed by atoms with E-state index in [0.717, 1.165) is 37.7 Å². The number of aryl methyl sites for hydroxylation is 1. The molecule has 36 nitrogen and oxygen atoms in total. The van der Waals surface area contributed by atoms with Crippen molar-refractivity contribution in [2.75, 3.05) is 336 Å². The Kier molecular flexibility index (Phi) is 74.1. The monoisotopic (exact) mass is 1800 g/mol. The molecule has 0 bridgehead atoms. The number of rotatable bonds is 90. The largest absolute Gasteiger partial charge is 0.481 e. The minimum atomic E-state index is -1.00. The number of hydrogen-bond donors (Lipinski definition) is 5. The second-order valence-electron chi connectivity index (χ2n) is 28.4. The second-order valence-corrected chi connectivity index (χ2v) is 29.2. The summed E-state index contributed by atoms with van der Waals surface area (Å²) in [4.78, 5) is 74.5. The Morgan fingerprint density at radius 1 is 0.382 bits per heavy atom. The Hall–Kier alpha value is -5.12. The van der Waals surface area contributed by atoms with Crippen LogP contribution in [0.15, 0.2) is 42.5 Å². The van der Waals surface area contributed by atoms with Crippen LogP contribution < -0.4 is 21.3 Å². The lowest BCUT2D eigenvalue weighted by Crippen LogP contribution is -2.47. The molecule has 0 heterocycles. The van der Waals surface area contributed by atoms with E-state index in [0.29, 0.717) is 342 Å². The van der Waals surface area contributed by atoms with E-state index in [1.54, 1.807) is 51.1 Å². The van der Waals surface area contributed by atoms with Gasteiger partial charge >= 0.3 is 11.9 Å². The fourth-order valence-electron chi connectivity index (χ4n) is 11.2. The molecule has 710 valence electrons. The average molecular weight is 1800 g/mol. The van der Waals surface area contributed by atoms with Gasteiger partial charge in [-0.1, -0.05) is 47.8 Å². The molecule has 1 aliphatic rings. The van der Waals surface area contributed by atoms with Crippen molar-refractivity contribution in [2.24, 2.45) is 11.8 Å². The smallest absolute Gasteiger partial charge is 0.329 e. The zero-order valence-corrected chi connectivity index (χ0v) is 74.6. The van der Waals surface area contributed by atoms with Gasteiger partial charge in [0, 0.05) is 37.5 Å². The Morgan fingerprint density at radius 2 is 0.683 bits per heavy atom. The fourth-order valence-corrected chi connectivity index (χ4v) is 11.7. The van der Waals surface area contributed by atoms with Crippen LogP contribution in [-0.4, -0.2) is 383 Å². The highest BCUT2D eigenvalue weighted by Crippen LogP contribution is 2.35. The zero-order chi connectivity index (χ0) is 88.5. The molecule has 0 aliphatic heterocycles.